The molecule has 90 valence electrons. The fourth-order valence-corrected chi connectivity index (χ4v) is 1.17. The van der Waals surface area contributed by atoms with Crippen LogP contribution in [-0.4, -0.2) is 35.7 Å². The number of aliphatic hydroxyl groups is 1. The number of nitrogens with one attached hydrogen (secondary N) is 2. The summed E-state index contributed by atoms with van der Waals surface area (Å²) in [5.74, 6) is 0.0102. The lowest BCUT2D eigenvalue weighted by Crippen LogP contribution is -2.45. The van der Waals surface area contributed by atoms with E-state index in [2.05, 4.69) is 10.6 Å². The fraction of sp³-hybridized carbons (Fsp3) is 0.909. The van der Waals surface area contributed by atoms with Crippen LogP contribution in [0.2, 0.25) is 0 Å². The summed E-state index contributed by atoms with van der Waals surface area (Å²) < 4.78 is 0. The smallest absolute Gasteiger partial charge is 0.237 e. The molecule has 2 atom stereocenters. The van der Waals surface area contributed by atoms with Crippen LogP contribution in [0.5, 0.6) is 0 Å². The largest absolute Gasteiger partial charge is 0.393 e. The van der Waals surface area contributed by atoms with Crippen LogP contribution in [0.25, 0.3) is 0 Å². The van der Waals surface area contributed by atoms with E-state index in [0.29, 0.717) is 13.0 Å². The van der Waals surface area contributed by atoms with Gasteiger partial charge in [0.1, 0.15) is 0 Å². The molecule has 0 heterocycles. The molecule has 2 unspecified atom stereocenters. The van der Waals surface area contributed by atoms with Gasteiger partial charge in [-0.1, -0.05) is 6.92 Å². The Labute approximate surface area is 92.4 Å². The normalized spacial score (nSPS) is 15.1. The molecule has 15 heavy (non-hydrogen) atoms. The van der Waals surface area contributed by atoms with Crippen molar-refractivity contribution in [3.8, 4) is 0 Å². The molecular weight excluding hydrogens is 192 g/mol. The minimum Gasteiger partial charge on any atom is -0.393 e. The van der Waals surface area contributed by atoms with Gasteiger partial charge in [0.15, 0.2) is 0 Å². The number of hydrogen-bond acceptors (Lipinski definition) is 3. The van der Waals surface area contributed by atoms with Crippen LogP contribution >= 0.6 is 0 Å². The lowest BCUT2D eigenvalue weighted by atomic mass is 10.2. The Hall–Kier alpha value is -0.610. The van der Waals surface area contributed by atoms with Gasteiger partial charge in [0.05, 0.1) is 12.1 Å². The molecular formula is C11H24N2O2. The Bertz CT molecular complexity index is 183. The van der Waals surface area contributed by atoms with Crippen LogP contribution in [-0.2, 0) is 4.79 Å². The first-order chi connectivity index (χ1) is 6.97. The fourth-order valence-electron chi connectivity index (χ4n) is 1.17. The average molecular weight is 216 g/mol. The summed E-state index contributed by atoms with van der Waals surface area (Å²) in [4.78, 5) is 11.5. The Kier molecular flexibility index (Phi) is 7.34. The minimum absolute atomic E-state index is 0.0102. The molecule has 1 amide bonds. The third kappa shape index (κ3) is 7.33. The van der Waals surface area contributed by atoms with Gasteiger partial charge in [-0.15, -0.1) is 0 Å². The van der Waals surface area contributed by atoms with E-state index in [4.69, 9.17) is 0 Å². The quantitative estimate of drug-likeness (QED) is 0.585. The van der Waals surface area contributed by atoms with Crippen molar-refractivity contribution in [3.05, 3.63) is 0 Å². The van der Waals surface area contributed by atoms with Gasteiger partial charge in [-0.05, 0) is 40.2 Å². The van der Waals surface area contributed by atoms with Crippen LogP contribution in [0, 0.1) is 0 Å². The number of amides is 1. The molecule has 0 aliphatic rings. The van der Waals surface area contributed by atoms with Crippen molar-refractivity contribution in [2.24, 2.45) is 0 Å². The molecule has 0 bridgehead atoms. The third-order valence-corrected chi connectivity index (χ3v) is 2.22. The van der Waals surface area contributed by atoms with Crippen LogP contribution in [0.4, 0.5) is 0 Å². The molecule has 0 rings (SSSR count). The Morgan fingerprint density at radius 3 is 2.40 bits per heavy atom. The highest BCUT2D eigenvalue weighted by Crippen LogP contribution is 1.95. The first-order valence-electron chi connectivity index (χ1n) is 5.69. The predicted molar refractivity (Wildman–Crippen MR) is 61.7 cm³/mol. The lowest BCUT2D eigenvalue weighted by molar-refractivity contribution is -0.123. The van der Waals surface area contributed by atoms with E-state index in [1.807, 2.05) is 27.7 Å². The molecule has 4 heteroatoms. The highest BCUT2D eigenvalue weighted by atomic mass is 16.3. The van der Waals surface area contributed by atoms with Gasteiger partial charge in [0.25, 0.3) is 0 Å². The van der Waals surface area contributed by atoms with Crippen LogP contribution in [0.3, 0.4) is 0 Å². The van der Waals surface area contributed by atoms with E-state index in [1.165, 1.54) is 0 Å². The topological polar surface area (TPSA) is 61.4 Å². The van der Waals surface area contributed by atoms with Crippen molar-refractivity contribution in [2.75, 3.05) is 6.54 Å². The van der Waals surface area contributed by atoms with Crippen molar-refractivity contribution in [2.45, 2.75) is 58.7 Å². The van der Waals surface area contributed by atoms with Gasteiger partial charge in [-0.2, -0.15) is 0 Å². The summed E-state index contributed by atoms with van der Waals surface area (Å²) in [7, 11) is 0. The van der Waals surface area contributed by atoms with Gasteiger partial charge >= 0.3 is 0 Å². The van der Waals surface area contributed by atoms with E-state index < -0.39 is 0 Å². The van der Waals surface area contributed by atoms with Crippen molar-refractivity contribution < 1.29 is 9.90 Å². The number of rotatable bonds is 7. The van der Waals surface area contributed by atoms with Crippen LogP contribution < -0.4 is 10.6 Å². The van der Waals surface area contributed by atoms with Crippen molar-refractivity contribution in [1.29, 1.82) is 0 Å². The first-order valence-corrected chi connectivity index (χ1v) is 5.69. The monoisotopic (exact) mass is 216 g/mol. The van der Waals surface area contributed by atoms with E-state index in [-0.39, 0.29) is 24.1 Å². The molecule has 4 nitrogen and oxygen atoms in total. The number of carbonyl (C=O) groups is 1. The average Bonchev–Trinajstić information content (AvgIpc) is 2.16. The number of carbonyl (C=O) groups excluding carboxylic acids is 1. The zero-order valence-electron chi connectivity index (χ0n) is 10.2. The number of aliphatic hydroxyl groups excluding tert-OH is 1. The molecule has 0 aromatic heterocycles. The van der Waals surface area contributed by atoms with Crippen molar-refractivity contribution in [1.82, 2.24) is 10.6 Å². The predicted octanol–water partition coefficient (Wildman–Crippen LogP) is 0.650. The van der Waals surface area contributed by atoms with Gasteiger partial charge in [0, 0.05) is 6.04 Å². The molecule has 3 N–H and O–H groups in total. The second-order valence-electron chi connectivity index (χ2n) is 4.19. The molecule has 0 aromatic carbocycles. The summed E-state index contributed by atoms with van der Waals surface area (Å²) in [5.41, 5.74) is 0. The summed E-state index contributed by atoms with van der Waals surface area (Å²) in [5, 5.41) is 15.2. The third-order valence-electron chi connectivity index (χ3n) is 2.22. The second-order valence-corrected chi connectivity index (χ2v) is 4.19. The lowest BCUT2D eigenvalue weighted by Gasteiger charge is -2.16. The van der Waals surface area contributed by atoms with Crippen LogP contribution in [0.15, 0.2) is 0 Å². The molecule has 0 saturated carbocycles. The highest BCUT2D eigenvalue weighted by molar-refractivity contribution is 5.81. The molecule has 0 aliphatic heterocycles. The minimum atomic E-state index is -0.266. The SMILES string of the molecule is CCC(O)CCNC(C)C(=O)NC(C)C. The summed E-state index contributed by atoms with van der Waals surface area (Å²) in [6.45, 7) is 8.31. The Morgan fingerprint density at radius 1 is 1.33 bits per heavy atom. The van der Waals surface area contributed by atoms with Gasteiger partial charge in [-0.25, -0.2) is 0 Å². The van der Waals surface area contributed by atoms with Crippen LogP contribution in [0.1, 0.15) is 40.5 Å². The molecule has 0 saturated heterocycles. The van der Waals surface area contributed by atoms with Crippen molar-refractivity contribution in [3.63, 3.8) is 0 Å². The molecule has 0 aliphatic carbocycles. The van der Waals surface area contributed by atoms with Gasteiger partial charge < -0.3 is 15.7 Å². The van der Waals surface area contributed by atoms with E-state index in [0.717, 1.165) is 6.42 Å². The van der Waals surface area contributed by atoms with E-state index in [1.54, 1.807) is 0 Å². The maximum absolute atomic E-state index is 11.5. The van der Waals surface area contributed by atoms with E-state index in [9.17, 15) is 9.90 Å². The summed E-state index contributed by atoms with van der Waals surface area (Å²) in [6, 6.07) is -0.0283. The van der Waals surface area contributed by atoms with Gasteiger partial charge in [-0.3, -0.25) is 4.79 Å². The highest BCUT2D eigenvalue weighted by Gasteiger charge is 2.12. The molecule has 0 fully saturated rings. The zero-order chi connectivity index (χ0) is 11.8. The molecule has 0 spiro atoms. The second kappa shape index (κ2) is 7.65. The zero-order valence-corrected chi connectivity index (χ0v) is 10.2. The number of hydrogen-bond donors (Lipinski definition) is 3. The maximum atomic E-state index is 11.5. The Morgan fingerprint density at radius 2 is 1.93 bits per heavy atom. The Balaban J connectivity index is 3.64. The summed E-state index contributed by atoms with van der Waals surface area (Å²) >= 11 is 0. The van der Waals surface area contributed by atoms with E-state index >= 15 is 0 Å². The maximum Gasteiger partial charge on any atom is 0.237 e. The molecule has 0 aromatic rings. The van der Waals surface area contributed by atoms with Crippen molar-refractivity contribution >= 4 is 5.91 Å². The van der Waals surface area contributed by atoms with Gasteiger partial charge in [0.2, 0.25) is 5.91 Å². The first kappa shape index (κ1) is 14.4. The molecule has 0 radical (unpaired) electrons. The summed E-state index contributed by atoms with van der Waals surface area (Å²) in [6.07, 6.45) is 1.18. The standard InChI is InChI=1S/C11H24N2O2/c1-5-10(14)6-7-12-9(4)11(15)13-8(2)3/h8-10,12,14H,5-7H2,1-4H3,(H,13,15).